The van der Waals surface area contributed by atoms with Crippen LogP contribution in [0.1, 0.15) is 53.7 Å². The molecule has 31 heavy (non-hydrogen) atoms. The number of nitro benzene ring substituents is 1. The molecule has 7 heteroatoms. The Labute approximate surface area is 182 Å². The third-order valence-corrected chi connectivity index (χ3v) is 5.96. The molecule has 0 saturated carbocycles. The maximum Gasteiger partial charge on any atom is 0.272 e. The molecule has 0 spiro atoms. The summed E-state index contributed by atoms with van der Waals surface area (Å²) in [7, 11) is 0. The normalized spacial score (nSPS) is 16.3. The van der Waals surface area contributed by atoms with Crippen LogP contribution in [-0.2, 0) is 10.2 Å². The fourth-order valence-corrected chi connectivity index (χ4v) is 4.04. The maximum absolute atomic E-state index is 13.0. The molecule has 1 heterocycles. The number of hydrogen-bond donors (Lipinski definition) is 1. The number of nitrogens with zero attached hydrogens (tertiary/aromatic N) is 2. The predicted octanol–water partition coefficient (Wildman–Crippen LogP) is 3.91. The van der Waals surface area contributed by atoms with E-state index in [1.165, 1.54) is 23.8 Å². The maximum atomic E-state index is 13.0. The molecule has 0 bridgehead atoms. The first kappa shape index (κ1) is 22.5. The summed E-state index contributed by atoms with van der Waals surface area (Å²) in [4.78, 5) is 38.1. The van der Waals surface area contributed by atoms with Gasteiger partial charge in [-0.3, -0.25) is 19.7 Å². The molecule has 1 aliphatic rings. The third kappa shape index (κ3) is 4.93. The Bertz CT molecular complexity index is 1020. The molecule has 2 aromatic carbocycles. The van der Waals surface area contributed by atoms with Gasteiger partial charge in [0.05, 0.1) is 4.92 Å². The number of rotatable bonds is 6. The molecule has 1 saturated heterocycles. The molecule has 1 fully saturated rings. The van der Waals surface area contributed by atoms with Gasteiger partial charge in [-0.25, -0.2) is 0 Å². The zero-order valence-electron chi connectivity index (χ0n) is 18.5. The summed E-state index contributed by atoms with van der Waals surface area (Å²) < 4.78 is 0. The standard InChI is InChI=1S/C24H29N3O4/c1-16-7-5-8-19(13-16)24(3,4)15-25-22(28)21-9-6-12-26(21)23(29)18-10-11-20(27(30)31)17(2)14-18/h5,7-8,10-11,13-14,21H,6,9,12,15H2,1-4H3,(H,25,28). The van der Waals surface area contributed by atoms with Crippen molar-refractivity contribution in [3.8, 4) is 0 Å². The minimum absolute atomic E-state index is 0.0226. The predicted molar refractivity (Wildman–Crippen MR) is 119 cm³/mol. The Morgan fingerprint density at radius 2 is 1.94 bits per heavy atom. The van der Waals surface area contributed by atoms with Crippen molar-refractivity contribution in [2.75, 3.05) is 13.1 Å². The van der Waals surface area contributed by atoms with Gasteiger partial charge in [0.2, 0.25) is 5.91 Å². The van der Waals surface area contributed by atoms with Crippen molar-refractivity contribution in [1.29, 1.82) is 0 Å². The van der Waals surface area contributed by atoms with Gasteiger partial charge >= 0.3 is 0 Å². The van der Waals surface area contributed by atoms with Crippen molar-refractivity contribution in [2.45, 2.75) is 52.0 Å². The van der Waals surface area contributed by atoms with Gasteiger partial charge in [0.1, 0.15) is 6.04 Å². The number of likely N-dealkylation sites (tertiary alicyclic amines) is 1. The number of benzene rings is 2. The second kappa shape index (κ2) is 8.88. The van der Waals surface area contributed by atoms with Crippen LogP contribution in [0, 0.1) is 24.0 Å². The van der Waals surface area contributed by atoms with E-state index in [-0.39, 0.29) is 22.9 Å². The summed E-state index contributed by atoms with van der Waals surface area (Å²) in [5, 5.41) is 14.1. The second-order valence-electron chi connectivity index (χ2n) is 8.89. The summed E-state index contributed by atoms with van der Waals surface area (Å²) in [6.45, 7) is 8.77. The van der Waals surface area contributed by atoms with Gasteiger partial charge in [0.25, 0.3) is 11.6 Å². The topological polar surface area (TPSA) is 92.6 Å². The van der Waals surface area contributed by atoms with E-state index < -0.39 is 11.0 Å². The van der Waals surface area contributed by atoms with E-state index in [0.717, 1.165) is 12.0 Å². The molecule has 1 N–H and O–H groups in total. The molecule has 1 atom stereocenters. The number of nitrogens with one attached hydrogen (secondary N) is 1. The smallest absolute Gasteiger partial charge is 0.272 e. The third-order valence-electron chi connectivity index (χ3n) is 5.96. The van der Waals surface area contributed by atoms with E-state index >= 15 is 0 Å². The molecule has 1 aliphatic heterocycles. The zero-order valence-corrected chi connectivity index (χ0v) is 18.5. The first-order valence-corrected chi connectivity index (χ1v) is 10.5. The van der Waals surface area contributed by atoms with Crippen molar-refractivity contribution in [2.24, 2.45) is 0 Å². The van der Waals surface area contributed by atoms with Gasteiger partial charge in [0.15, 0.2) is 0 Å². The highest BCUT2D eigenvalue weighted by molar-refractivity contribution is 5.98. The summed E-state index contributed by atoms with van der Waals surface area (Å²) in [6.07, 6.45) is 1.35. The number of carbonyl (C=O) groups excluding carboxylic acids is 2. The molecule has 3 rings (SSSR count). The lowest BCUT2D eigenvalue weighted by Gasteiger charge is -2.29. The average molecular weight is 424 g/mol. The molecular weight excluding hydrogens is 394 g/mol. The van der Waals surface area contributed by atoms with Crippen LogP contribution in [0.3, 0.4) is 0 Å². The lowest BCUT2D eigenvalue weighted by Crippen LogP contribution is -2.48. The number of aryl methyl sites for hydroxylation is 2. The Kier molecular flexibility index (Phi) is 6.43. The molecule has 0 radical (unpaired) electrons. The summed E-state index contributed by atoms with van der Waals surface area (Å²) in [6, 6.07) is 12.0. The fraction of sp³-hybridized carbons (Fsp3) is 0.417. The van der Waals surface area contributed by atoms with Crippen molar-refractivity contribution >= 4 is 17.5 Å². The Balaban J connectivity index is 1.69. The highest BCUT2D eigenvalue weighted by Crippen LogP contribution is 2.26. The van der Waals surface area contributed by atoms with Gasteiger partial charge in [-0.1, -0.05) is 43.7 Å². The summed E-state index contributed by atoms with van der Waals surface area (Å²) in [5.74, 6) is -0.432. The van der Waals surface area contributed by atoms with Gasteiger partial charge in [-0.2, -0.15) is 0 Å². The number of carbonyl (C=O) groups is 2. The monoisotopic (exact) mass is 423 g/mol. The Morgan fingerprint density at radius 1 is 1.19 bits per heavy atom. The van der Waals surface area contributed by atoms with Gasteiger partial charge < -0.3 is 10.2 Å². The van der Waals surface area contributed by atoms with Crippen molar-refractivity contribution in [3.05, 3.63) is 74.8 Å². The zero-order chi connectivity index (χ0) is 22.8. The molecule has 2 aromatic rings. The van der Waals surface area contributed by atoms with E-state index in [1.54, 1.807) is 11.8 Å². The molecule has 0 aromatic heterocycles. The van der Waals surface area contributed by atoms with Gasteiger partial charge in [0, 0.05) is 35.7 Å². The van der Waals surface area contributed by atoms with Crippen LogP contribution in [0.25, 0.3) is 0 Å². The van der Waals surface area contributed by atoms with E-state index in [4.69, 9.17) is 0 Å². The van der Waals surface area contributed by atoms with Crippen LogP contribution >= 0.6 is 0 Å². The summed E-state index contributed by atoms with van der Waals surface area (Å²) in [5.41, 5.74) is 2.84. The minimum atomic E-state index is -0.531. The molecule has 2 amide bonds. The number of nitro groups is 1. The lowest BCUT2D eigenvalue weighted by molar-refractivity contribution is -0.385. The molecular formula is C24H29N3O4. The van der Waals surface area contributed by atoms with Crippen LogP contribution in [0.2, 0.25) is 0 Å². The first-order chi connectivity index (χ1) is 14.6. The lowest BCUT2D eigenvalue weighted by atomic mass is 9.84. The molecule has 0 aliphatic carbocycles. The highest BCUT2D eigenvalue weighted by atomic mass is 16.6. The highest BCUT2D eigenvalue weighted by Gasteiger charge is 2.35. The SMILES string of the molecule is Cc1cccc(C(C)(C)CNC(=O)C2CCCN2C(=O)c2ccc([N+](=O)[O-])c(C)c2)c1. The van der Waals surface area contributed by atoms with E-state index in [2.05, 4.69) is 31.3 Å². The molecule has 7 nitrogen and oxygen atoms in total. The van der Waals surface area contributed by atoms with Crippen molar-refractivity contribution in [1.82, 2.24) is 10.2 Å². The largest absolute Gasteiger partial charge is 0.353 e. The van der Waals surface area contributed by atoms with Gasteiger partial charge in [-0.05, 0) is 44.4 Å². The first-order valence-electron chi connectivity index (χ1n) is 10.5. The van der Waals surface area contributed by atoms with Gasteiger partial charge in [-0.15, -0.1) is 0 Å². The number of hydrogen-bond acceptors (Lipinski definition) is 4. The second-order valence-corrected chi connectivity index (χ2v) is 8.89. The van der Waals surface area contributed by atoms with Crippen molar-refractivity contribution < 1.29 is 14.5 Å². The van der Waals surface area contributed by atoms with Crippen molar-refractivity contribution in [3.63, 3.8) is 0 Å². The van der Waals surface area contributed by atoms with E-state index in [9.17, 15) is 19.7 Å². The van der Waals surface area contributed by atoms with Crippen LogP contribution < -0.4 is 5.32 Å². The Morgan fingerprint density at radius 3 is 2.58 bits per heavy atom. The van der Waals surface area contributed by atoms with E-state index in [1.807, 2.05) is 19.1 Å². The molecule has 164 valence electrons. The van der Waals surface area contributed by atoms with E-state index in [0.29, 0.717) is 30.6 Å². The average Bonchev–Trinajstić information content (AvgIpc) is 3.21. The minimum Gasteiger partial charge on any atom is -0.353 e. The quantitative estimate of drug-likeness (QED) is 0.563. The number of amides is 2. The molecule has 1 unspecified atom stereocenters. The van der Waals surface area contributed by atoms with Crippen LogP contribution in [0.5, 0.6) is 0 Å². The van der Waals surface area contributed by atoms with Crippen LogP contribution in [0.4, 0.5) is 5.69 Å². The fourth-order valence-electron chi connectivity index (χ4n) is 4.04. The van der Waals surface area contributed by atoms with Crippen LogP contribution in [-0.4, -0.2) is 40.8 Å². The summed E-state index contributed by atoms with van der Waals surface area (Å²) >= 11 is 0. The Hall–Kier alpha value is -3.22. The van der Waals surface area contributed by atoms with Crippen LogP contribution in [0.15, 0.2) is 42.5 Å².